The molecular formula is C12H24N4O2. The largest absolute Gasteiger partial charge is 0.341 e. The fraction of sp³-hybridized carbons (Fsp3) is 0.833. The fourth-order valence-electron chi connectivity index (χ4n) is 2.40. The van der Waals surface area contributed by atoms with E-state index in [1.807, 2.05) is 11.9 Å². The molecule has 1 fully saturated rings. The van der Waals surface area contributed by atoms with Gasteiger partial charge in [-0.2, -0.15) is 0 Å². The van der Waals surface area contributed by atoms with Gasteiger partial charge in [-0.15, -0.1) is 0 Å². The summed E-state index contributed by atoms with van der Waals surface area (Å²) in [4.78, 5) is 24.9. The van der Waals surface area contributed by atoms with Gasteiger partial charge in [0.05, 0.1) is 6.04 Å². The van der Waals surface area contributed by atoms with Gasteiger partial charge in [0, 0.05) is 19.1 Å². The van der Waals surface area contributed by atoms with Crippen LogP contribution in [0.4, 0.5) is 4.79 Å². The molecule has 0 saturated heterocycles. The van der Waals surface area contributed by atoms with Crippen molar-refractivity contribution >= 4 is 11.9 Å². The van der Waals surface area contributed by atoms with Crippen LogP contribution in [0.15, 0.2) is 0 Å². The number of nitrogens with two attached hydrogens (primary N) is 1. The molecule has 0 aromatic heterocycles. The standard InChI is InChI=1S/C12H24N4O2/c1-8(11(17)15-12(18)14-2)16(3)10-7-5-4-6-9(10)13/h8-10H,4-7,13H2,1-3H3,(H2,14,15,17,18). The minimum absolute atomic E-state index is 0.110. The third-order valence-electron chi connectivity index (χ3n) is 3.76. The third-order valence-corrected chi connectivity index (χ3v) is 3.76. The molecule has 3 unspecified atom stereocenters. The van der Waals surface area contributed by atoms with Gasteiger partial charge in [-0.1, -0.05) is 12.8 Å². The lowest BCUT2D eigenvalue weighted by atomic mass is 9.89. The van der Waals surface area contributed by atoms with Crippen molar-refractivity contribution in [2.75, 3.05) is 14.1 Å². The lowest BCUT2D eigenvalue weighted by Gasteiger charge is -2.38. The van der Waals surface area contributed by atoms with Crippen molar-refractivity contribution in [3.63, 3.8) is 0 Å². The number of rotatable bonds is 3. The SMILES string of the molecule is CNC(=O)NC(=O)C(C)N(C)C1CCCCC1N. The van der Waals surface area contributed by atoms with Gasteiger partial charge >= 0.3 is 6.03 Å². The van der Waals surface area contributed by atoms with Crippen LogP contribution in [-0.4, -0.2) is 49.1 Å². The molecule has 0 aromatic rings. The minimum Gasteiger partial charge on any atom is -0.341 e. The second-order valence-corrected chi connectivity index (χ2v) is 4.93. The van der Waals surface area contributed by atoms with E-state index in [1.165, 1.54) is 7.05 Å². The summed E-state index contributed by atoms with van der Waals surface area (Å²) >= 11 is 0. The van der Waals surface area contributed by atoms with E-state index in [4.69, 9.17) is 5.73 Å². The number of nitrogens with zero attached hydrogens (tertiary/aromatic N) is 1. The van der Waals surface area contributed by atoms with Gasteiger partial charge in [0.25, 0.3) is 0 Å². The number of carbonyl (C=O) groups excluding carboxylic acids is 2. The topological polar surface area (TPSA) is 87.5 Å². The summed E-state index contributed by atoms with van der Waals surface area (Å²) in [5, 5.41) is 4.66. The van der Waals surface area contributed by atoms with Crippen molar-refractivity contribution in [3.05, 3.63) is 0 Å². The molecule has 6 heteroatoms. The molecular weight excluding hydrogens is 232 g/mol. The van der Waals surface area contributed by atoms with E-state index in [9.17, 15) is 9.59 Å². The number of hydrogen-bond acceptors (Lipinski definition) is 4. The molecule has 1 saturated carbocycles. The Bertz CT molecular complexity index is 308. The first-order valence-corrected chi connectivity index (χ1v) is 6.47. The highest BCUT2D eigenvalue weighted by molar-refractivity contribution is 5.96. The molecule has 0 aliphatic heterocycles. The lowest BCUT2D eigenvalue weighted by Crippen LogP contribution is -2.56. The Kier molecular flexibility index (Phi) is 5.55. The molecule has 0 heterocycles. The van der Waals surface area contributed by atoms with Crippen LogP contribution in [0.1, 0.15) is 32.6 Å². The molecule has 4 N–H and O–H groups in total. The quantitative estimate of drug-likeness (QED) is 0.665. The van der Waals surface area contributed by atoms with Crippen molar-refractivity contribution in [2.24, 2.45) is 5.73 Å². The molecule has 0 bridgehead atoms. The zero-order valence-corrected chi connectivity index (χ0v) is 11.4. The van der Waals surface area contributed by atoms with Gasteiger partial charge in [0.1, 0.15) is 0 Å². The van der Waals surface area contributed by atoms with Gasteiger partial charge in [-0.25, -0.2) is 4.79 Å². The maximum Gasteiger partial charge on any atom is 0.321 e. The average molecular weight is 256 g/mol. The van der Waals surface area contributed by atoms with Gasteiger partial charge in [-0.05, 0) is 26.8 Å². The summed E-state index contributed by atoms with van der Waals surface area (Å²) < 4.78 is 0. The highest BCUT2D eigenvalue weighted by atomic mass is 16.2. The van der Waals surface area contributed by atoms with Crippen molar-refractivity contribution in [3.8, 4) is 0 Å². The Labute approximate surface area is 108 Å². The molecule has 1 aliphatic carbocycles. The van der Waals surface area contributed by atoms with E-state index >= 15 is 0 Å². The minimum atomic E-state index is -0.479. The number of likely N-dealkylation sites (N-methyl/N-ethyl adjacent to an activating group) is 1. The zero-order valence-electron chi connectivity index (χ0n) is 11.4. The second kappa shape index (κ2) is 6.70. The Morgan fingerprint density at radius 2 is 1.94 bits per heavy atom. The summed E-state index contributed by atoms with van der Waals surface area (Å²) in [7, 11) is 3.37. The second-order valence-electron chi connectivity index (χ2n) is 4.93. The van der Waals surface area contributed by atoms with Crippen LogP contribution in [0.3, 0.4) is 0 Å². The zero-order chi connectivity index (χ0) is 13.7. The van der Waals surface area contributed by atoms with Crippen molar-refractivity contribution in [1.29, 1.82) is 0 Å². The van der Waals surface area contributed by atoms with Crippen LogP contribution in [0.2, 0.25) is 0 Å². The highest BCUT2D eigenvalue weighted by Crippen LogP contribution is 2.22. The van der Waals surface area contributed by atoms with Gasteiger partial charge in [-0.3, -0.25) is 15.0 Å². The van der Waals surface area contributed by atoms with Gasteiger partial charge < -0.3 is 11.1 Å². The Morgan fingerprint density at radius 3 is 2.50 bits per heavy atom. The smallest absolute Gasteiger partial charge is 0.321 e. The van der Waals surface area contributed by atoms with Crippen molar-refractivity contribution in [1.82, 2.24) is 15.5 Å². The Balaban J connectivity index is 2.56. The first-order chi connectivity index (χ1) is 8.47. The molecule has 0 radical (unpaired) electrons. The van der Waals surface area contributed by atoms with E-state index in [1.54, 1.807) is 6.92 Å². The van der Waals surface area contributed by atoms with Crippen molar-refractivity contribution < 1.29 is 9.59 Å². The first-order valence-electron chi connectivity index (χ1n) is 6.47. The van der Waals surface area contributed by atoms with Crippen molar-refractivity contribution in [2.45, 2.75) is 50.7 Å². The number of carbonyl (C=O) groups is 2. The maximum atomic E-state index is 11.8. The number of imide groups is 1. The molecule has 0 spiro atoms. The summed E-state index contributed by atoms with van der Waals surface area (Å²) in [5.41, 5.74) is 6.09. The number of amides is 3. The van der Waals surface area contributed by atoms with Gasteiger partial charge in [0.15, 0.2) is 0 Å². The monoisotopic (exact) mass is 256 g/mol. The van der Waals surface area contributed by atoms with E-state index in [0.717, 1.165) is 25.7 Å². The molecule has 18 heavy (non-hydrogen) atoms. The summed E-state index contributed by atoms with van der Waals surface area (Å²) in [5.74, 6) is -0.297. The van der Waals surface area contributed by atoms with E-state index in [0.29, 0.717) is 0 Å². The van der Waals surface area contributed by atoms with Crippen LogP contribution in [0.25, 0.3) is 0 Å². The van der Waals surface area contributed by atoms with Gasteiger partial charge in [0.2, 0.25) is 5.91 Å². The van der Waals surface area contributed by atoms with Crippen LogP contribution in [0, 0.1) is 0 Å². The predicted molar refractivity (Wildman–Crippen MR) is 70.1 cm³/mol. The fourth-order valence-corrected chi connectivity index (χ4v) is 2.40. The molecule has 0 aromatic carbocycles. The number of urea groups is 1. The summed E-state index contributed by atoms with van der Waals surface area (Å²) in [6.45, 7) is 1.79. The maximum absolute atomic E-state index is 11.8. The van der Waals surface area contributed by atoms with E-state index < -0.39 is 6.03 Å². The van der Waals surface area contributed by atoms with Crippen LogP contribution >= 0.6 is 0 Å². The molecule has 3 amide bonds. The lowest BCUT2D eigenvalue weighted by molar-refractivity contribution is -0.125. The molecule has 104 valence electrons. The molecule has 1 aliphatic rings. The first kappa shape index (κ1) is 14.9. The normalized spacial score (nSPS) is 25.6. The molecule has 3 atom stereocenters. The Morgan fingerprint density at radius 1 is 1.33 bits per heavy atom. The average Bonchev–Trinajstić information content (AvgIpc) is 2.37. The third kappa shape index (κ3) is 3.68. The Hall–Kier alpha value is -1.14. The van der Waals surface area contributed by atoms with Crippen LogP contribution < -0.4 is 16.4 Å². The van der Waals surface area contributed by atoms with Crippen LogP contribution in [0.5, 0.6) is 0 Å². The predicted octanol–water partition coefficient (Wildman–Crippen LogP) is 0.0322. The highest BCUT2D eigenvalue weighted by Gasteiger charge is 2.31. The molecule has 6 nitrogen and oxygen atoms in total. The summed E-state index contributed by atoms with van der Waals surface area (Å²) in [6.07, 6.45) is 4.31. The van der Waals surface area contributed by atoms with E-state index in [2.05, 4.69) is 10.6 Å². The number of hydrogen-bond donors (Lipinski definition) is 3. The molecule has 1 rings (SSSR count). The summed E-state index contributed by atoms with van der Waals surface area (Å²) in [6, 6.07) is -0.521. The number of nitrogens with one attached hydrogen (secondary N) is 2. The van der Waals surface area contributed by atoms with E-state index in [-0.39, 0.29) is 24.0 Å². The van der Waals surface area contributed by atoms with Crippen LogP contribution in [-0.2, 0) is 4.79 Å².